The molecule has 1 aromatic carbocycles. The third-order valence-electron chi connectivity index (χ3n) is 3.18. The van der Waals surface area contributed by atoms with Crippen molar-refractivity contribution >= 4 is 5.69 Å². The zero-order valence-electron chi connectivity index (χ0n) is 12.6. The summed E-state index contributed by atoms with van der Waals surface area (Å²) >= 11 is 0. The molecule has 0 heterocycles. The average Bonchev–Trinajstić information content (AvgIpc) is 2.29. The summed E-state index contributed by atoms with van der Waals surface area (Å²) in [5, 5.41) is 3.53. The molecule has 0 saturated heterocycles. The molecule has 18 heavy (non-hydrogen) atoms. The Bertz CT molecular complexity index is 371. The van der Waals surface area contributed by atoms with Gasteiger partial charge in [-0.1, -0.05) is 39.8 Å². The second-order valence-electron chi connectivity index (χ2n) is 5.66. The first-order valence-corrected chi connectivity index (χ1v) is 6.85. The van der Waals surface area contributed by atoms with Gasteiger partial charge in [0.1, 0.15) is 0 Å². The number of hydrogen-bond acceptors (Lipinski definition) is 2. The van der Waals surface area contributed by atoms with E-state index in [1.165, 1.54) is 16.8 Å². The molecule has 1 atom stereocenters. The first-order chi connectivity index (χ1) is 8.45. The zero-order chi connectivity index (χ0) is 13.7. The Labute approximate surface area is 112 Å². The summed E-state index contributed by atoms with van der Waals surface area (Å²) in [6, 6.07) is 7.09. The lowest BCUT2D eigenvalue weighted by Crippen LogP contribution is -2.21. The van der Waals surface area contributed by atoms with Crippen molar-refractivity contribution in [2.75, 3.05) is 19.0 Å². The summed E-state index contributed by atoms with van der Waals surface area (Å²) < 4.78 is 5.18. The lowest BCUT2D eigenvalue weighted by Gasteiger charge is -2.21. The Kier molecular flexibility index (Phi) is 5.67. The van der Waals surface area contributed by atoms with Crippen molar-refractivity contribution in [3.8, 4) is 0 Å². The summed E-state index contributed by atoms with van der Waals surface area (Å²) in [4.78, 5) is 0. The quantitative estimate of drug-likeness (QED) is 0.807. The van der Waals surface area contributed by atoms with E-state index >= 15 is 0 Å². The molecule has 1 unspecified atom stereocenters. The Morgan fingerprint density at radius 2 is 1.72 bits per heavy atom. The molecule has 2 heteroatoms. The van der Waals surface area contributed by atoms with Crippen molar-refractivity contribution in [2.24, 2.45) is 0 Å². The van der Waals surface area contributed by atoms with Gasteiger partial charge < -0.3 is 10.1 Å². The van der Waals surface area contributed by atoms with E-state index in [4.69, 9.17) is 4.74 Å². The minimum atomic E-state index is 0.331. The molecule has 0 saturated carbocycles. The Hall–Kier alpha value is -1.02. The summed E-state index contributed by atoms with van der Waals surface area (Å²) in [5.74, 6) is 1.11. The number of benzene rings is 1. The molecule has 1 N–H and O–H groups in total. The molecule has 1 aromatic rings. The second kappa shape index (κ2) is 6.79. The van der Waals surface area contributed by atoms with E-state index in [0.29, 0.717) is 17.9 Å². The van der Waals surface area contributed by atoms with Crippen molar-refractivity contribution in [3.05, 3.63) is 29.3 Å². The largest absolute Gasteiger partial charge is 0.383 e. The molecule has 0 spiro atoms. The van der Waals surface area contributed by atoms with Crippen LogP contribution in [0.5, 0.6) is 0 Å². The highest BCUT2D eigenvalue weighted by Gasteiger charge is 2.11. The lowest BCUT2D eigenvalue weighted by atomic mass is 9.94. The average molecular weight is 249 g/mol. The lowest BCUT2D eigenvalue weighted by molar-refractivity contribution is 0.190. The normalized spacial score (nSPS) is 13.1. The first-order valence-electron chi connectivity index (χ1n) is 6.85. The monoisotopic (exact) mass is 249 g/mol. The maximum Gasteiger partial charge on any atom is 0.0661 e. The van der Waals surface area contributed by atoms with E-state index in [-0.39, 0.29) is 0 Å². The number of hydrogen-bond donors (Lipinski definition) is 1. The molecule has 0 aliphatic heterocycles. The van der Waals surface area contributed by atoms with Crippen LogP contribution >= 0.6 is 0 Å². The highest BCUT2D eigenvalue weighted by atomic mass is 16.5. The fraction of sp³-hybridized carbons (Fsp3) is 0.625. The molecule has 0 aliphatic rings. The first kappa shape index (κ1) is 15.0. The van der Waals surface area contributed by atoms with Gasteiger partial charge in [0.05, 0.1) is 6.61 Å². The van der Waals surface area contributed by atoms with Gasteiger partial charge in [0.15, 0.2) is 0 Å². The van der Waals surface area contributed by atoms with Gasteiger partial charge in [0.2, 0.25) is 0 Å². The molecule has 0 aliphatic carbocycles. The van der Waals surface area contributed by atoms with Crippen LogP contribution in [-0.4, -0.2) is 19.8 Å². The summed E-state index contributed by atoms with van der Waals surface area (Å²) in [6.07, 6.45) is 0. The van der Waals surface area contributed by atoms with Gasteiger partial charge in [-0.25, -0.2) is 0 Å². The van der Waals surface area contributed by atoms with Gasteiger partial charge >= 0.3 is 0 Å². The van der Waals surface area contributed by atoms with Crippen LogP contribution in [0.1, 0.15) is 57.6 Å². The Morgan fingerprint density at radius 3 is 2.22 bits per heavy atom. The molecule has 102 valence electrons. The van der Waals surface area contributed by atoms with Crippen LogP contribution in [0.25, 0.3) is 0 Å². The number of anilines is 1. The van der Waals surface area contributed by atoms with Gasteiger partial charge in [0, 0.05) is 18.8 Å². The van der Waals surface area contributed by atoms with Gasteiger partial charge in [-0.05, 0) is 36.0 Å². The molecular weight excluding hydrogens is 222 g/mol. The Balaban J connectivity index is 2.96. The molecule has 0 bridgehead atoms. The third-order valence-corrected chi connectivity index (χ3v) is 3.18. The number of methoxy groups -OCH3 is 1. The topological polar surface area (TPSA) is 21.3 Å². The summed E-state index contributed by atoms with van der Waals surface area (Å²) in [7, 11) is 1.74. The predicted molar refractivity (Wildman–Crippen MR) is 79.6 cm³/mol. The molecule has 0 radical (unpaired) electrons. The third kappa shape index (κ3) is 4.02. The van der Waals surface area contributed by atoms with Crippen molar-refractivity contribution in [2.45, 2.75) is 52.5 Å². The van der Waals surface area contributed by atoms with E-state index in [1.54, 1.807) is 7.11 Å². The van der Waals surface area contributed by atoms with Crippen LogP contribution in [0.4, 0.5) is 5.69 Å². The maximum atomic E-state index is 5.18. The molecular formula is C16H27NO. The fourth-order valence-corrected chi connectivity index (χ4v) is 2.11. The summed E-state index contributed by atoms with van der Waals surface area (Å²) in [6.45, 7) is 11.8. The van der Waals surface area contributed by atoms with E-state index in [9.17, 15) is 0 Å². The van der Waals surface area contributed by atoms with Crippen LogP contribution < -0.4 is 5.32 Å². The van der Waals surface area contributed by atoms with E-state index in [1.807, 2.05) is 0 Å². The molecule has 2 nitrogen and oxygen atoms in total. The molecule has 0 amide bonds. The van der Waals surface area contributed by atoms with E-state index < -0.39 is 0 Å². The zero-order valence-corrected chi connectivity index (χ0v) is 12.6. The van der Waals surface area contributed by atoms with E-state index in [2.05, 4.69) is 58.1 Å². The number of nitrogens with one attached hydrogen (secondary N) is 1. The molecule has 0 fully saturated rings. The molecule has 0 aromatic heterocycles. The van der Waals surface area contributed by atoms with Crippen LogP contribution in [0.3, 0.4) is 0 Å². The van der Waals surface area contributed by atoms with Gasteiger partial charge in [-0.3, -0.25) is 0 Å². The van der Waals surface area contributed by atoms with Crippen LogP contribution in [-0.2, 0) is 4.74 Å². The van der Waals surface area contributed by atoms with Gasteiger partial charge in [0.25, 0.3) is 0 Å². The van der Waals surface area contributed by atoms with E-state index in [0.717, 1.165) is 6.61 Å². The number of ether oxygens (including phenoxy) is 1. The standard InChI is InChI=1S/C16H27NO/c1-11(2)14-7-8-16(15(9-14)12(3)4)17-13(5)10-18-6/h7-9,11-13,17H,10H2,1-6H3. The number of rotatable bonds is 6. The van der Waals surface area contributed by atoms with Crippen molar-refractivity contribution in [3.63, 3.8) is 0 Å². The highest BCUT2D eigenvalue weighted by molar-refractivity contribution is 5.55. The molecule has 1 rings (SSSR count). The van der Waals surface area contributed by atoms with Crippen LogP contribution in [0.2, 0.25) is 0 Å². The minimum Gasteiger partial charge on any atom is -0.383 e. The predicted octanol–water partition coefficient (Wildman–Crippen LogP) is 4.38. The van der Waals surface area contributed by atoms with Gasteiger partial charge in [-0.15, -0.1) is 0 Å². The second-order valence-corrected chi connectivity index (χ2v) is 5.66. The van der Waals surface area contributed by atoms with Crippen molar-refractivity contribution < 1.29 is 4.74 Å². The summed E-state index contributed by atoms with van der Waals surface area (Å²) in [5.41, 5.74) is 4.03. The smallest absolute Gasteiger partial charge is 0.0661 e. The van der Waals surface area contributed by atoms with Crippen molar-refractivity contribution in [1.82, 2.24) is 0 Å². The Morgan fingerprint density at radius 1 is 1.06 bits per heavy atom. The maximum absolute atomic E-state index is 5.18. The van der Waals surface area contributed by atoms with Crippen LogP contribution in [0.15, 0.2) is 18.2 Å². The fourth-order valence-electron chi connectivity index (χ4n) is 2.11. The van der Waals surface area contributed by atoms with Crippen LogP contribution in [0, 0.1) is 0 Å². The SMILES string of the molecule is COCC(C)Nc1ccc(C(C)C)cc1C(C)C. The van der Waals surface area contributed by atoms with Crippen molar-refractivity contribution in [1.29, 1.82) is 0 Å². The highest BCUT2D eigenvalue weighted by Crippen LogP contribution is 2.28. The van der Waals surface area contributed by atoms with Gasteiger partial charge in [-0.2, -0.15) is 0 Å². The minimum absolute atomic E-state index is 0.331.